The van der Waals surface area contributed by atoms with Crippen LogP contribution < -0.4 is 15.1 Å². The number of hydrogen-bond acceptors (Lipinski definition) is 7. The lowest BCUT2D eigenvalue weighted by atomic mass is 10.0. The van der Waals surface area contributed by atoms with E-state index in [1.54, 1.807) is 6.20 Å². The molecule has 34 heavy (non-hydrogen) atoms. The summed E-state index contributed by atoms with van der Waals surface area (Å²) in [6.07, 6.45) is 1.39. The van der Waals surface area contributed by atoms with E-state index in [1.807, 2.05) is 24.3 Å². The van der Waals surface area contributed by atoms with Gasteiger partial charge < -0.3 is 25.1 Å². The van der Waals surface area contributed by atoms with Crippen LogP contribution in [0.5, 0.6) is 0 Å². The van der Waals surface area contributed by atoms with Crippen molar-refractivity contribution >= 4 is 22.3 Å². The SMILES string of the molecule is C=C1CN(c2ccc(C#N)c3ncccc23)CC2c3ccc(N4CCNC[C@@H](O)C4)cc3CN12. The van der Waals surface area contributed by atoms with Gasteiger partial charge >= 0.3 is 0 Å². The maximum absolute atomic E-state index is 10.2. The van der Waals surface area contributed by atoms with Crippen LogP contribution in [-0.4, -0.2) is 60.4 Å². The van der Waals surface area contributed by atoms with Crippen molar-refractivity contribution in [2.75, 3.05) is 49.1 Å². The molecular weight excluding hydrogens is 424 g/mol. The molecule has 3 aliphatic rings. The van der Waals surface area contributed by atoms with Crippen molar-refractivity contribution in [1.82, 2.24) is 15.2 Å². The summed E-state index contributed by atoms with van der Waals surface area (Å²) in [5.41, 5.74) is 7.41. The van der Waals surface area contributed by atoms with Gasteiger partial charge in [-0.3, -0.25) is 4.98 Å². The highest BCUT2D eigenvalue weighted by Gasteiger charge is 2.37. The first-order valence-electron chi connectivity index (χ1n) is 11.9. The maximum Gasteiger partial charge on any atom is 0.101 e. The summed E-state index contributed by atoms with van der Waals surface area (Å²) >= 11 is 0. The fourth-order valence-electron chi connectivity index (χ4n) is 5.66. The Bertz CT molecular complexity index is 1310. The van der Waals surface area contributed by atoms with Gasteiger partial charge in [0.1, 0.15) is 6.07 Å². The highest BCUT2D eigenvalue weighted by atomic mass is 16.3. The smallest absolute Gasteiger partial charge is 0.101 e. The van der Waals surface area contributed by atoms with Crippen LogP contribution in [0.3, 0.4) is 0 Å². The van der Waals surface area contributed by atoms with Gasteiger partial charge in [0.2, 0.25) is 0 Å². The number of aromatic nitrogens is 1. The Balaban J connectivity index is 1.32. The number of β-amino-alcohol motifs (C(OH)–C–C–N with tert-alkyl or cyclic N) is 1. The second-order valence-corrected chi connectivity index (χ2v) is 9.42. The number of hydrogen-bond donors (Lipinski definition) is 2. The van der Waals surface area contributed by atoms with Gasteiger partial charge in [-0.15, -0.1) is 0 Å². The maximum atomic E-state index is 10.2. The number of fused-ring (bicyclic) bond motifs is 4. The lowest BCUT2D eigenvalue weighted by Crippen LogP contribution is -2.43. The third-order valence-corrected chi connectivity index (χ3v) is 7.32. The first-order chi connectivity index (χ1) is 16.6. The van der Waals surface area contributed by atoms with Gasteiger partial charge in [-0.1, -0.05) is 12.6 Å². The molecule has 1 aromatic heterocycles. The van der Waals surface area contributed by atoms with Gasteiger partial charge in [0.25, 0.3) is 0 Å². The molecule has 0 amide bonds. The lowest BCUT2D eigenvalue weighted by Gasteiger charge is -2.42. The average Bonchev–Trinajstić information content (AvgIpc) is 3.09. The average molecular weight is 453 g/mol. The zero-order valence-corrected chi connectivity index (χ0v) is 19.1. The van der Waals surface area contributed by atoms with E-state index < -0.39 is 0 Å². The topological polar surface area (TPSA) is 78.7 Å². The Hall–Kier alpha value is -3.60. The third-order valence-electron chi connectivity index (χ3n) is 7.32. The zero-order chi connectivity index (χ0) is 23.2. The van der Waals surface area contributed by atoms with Crippen LogP contribution in [-0.2, 0) is 6.54 Å². The molecule has 0 radical (unpaired) electrons. The predicted octanol–water partition coefficient (Wildman–Crippen LogP) is 2.77. The largest absolute Gasteiger partial charge is 0.390 e. The fourth-order valence-corrected chi connectivity index (χ4v) is 5.66. The van der Waals surface area contributed by atoms with Gasteiger partial charge in [-0.2, -0.15) is 5.26 Å². The Morgan fingerprint density at radius 2 is 2.03 bits per heavy atom. The van der Waals surface area contributed by atoms with Gasteiger partial charge in [0, 0.05) is 67.9 Å². The minimum atomic E-state index is -0.354. The van der Waals surface area contributed by atoms with Crippen molar-refractivity contribution in [1.29, 1.82) is 5.26 Å². The molecule has 2 saturated heterocycles. The molecule has 0 saturated carbocycles. The van der Waals surface area contributed by atoms with Gasteiger partial charge in [0.05, 0.1) is 29.8 Å². The minimum absolute atomic E-state index is 0.240. The van der Waals surface area contributed by atoms with E-state index in [-0.39, 0.29) is 12.1 Å². The van der Waals surface area contributed by atoms with Crippen LogP contribution in [0.2, 0.25) is 0 Å². The number of nitrogens with zero attached hydrogens (tertiary/aromatic N) is 5. The molecule has 7 heteroatoms. The molecular formula is C27H28N6O. The van der Waals surface area contributed by atoms with Crippen molar-refractivity contribution < 1.29 is 5.11 Å². The molecule has 6 rings (SSSR count). The molecule has 0 bridgehead atoms. The molecule has 1 unspecified atom stereocenters. The predicted molar refractivity (Wildman–Crippen MR) is 134 cm³/mol. The zero-order valence-electron chi connectivity index (χ0n) is 19.1. The monoisotopic (exact) mass is 452 g/mol. The van der Waals surface area contributed by atoms with E-state index >= 15 is 0 Å². The standard InChI is InChI=1S/C27H28N6O/c1-18-14-32(25-7-4-19(12-28)27-24(25)3-2-8-30-27)17-26-23-6-5-21(11-20(23)15-33(18)26)31-10-9-29-13-22(34)16-31/h2-8,11,22,26,29,34H,1,9-10,13-17H2/t22-,26?/m1/s1. The summed E-state index contributed by atoms with van der Waals surface area (Å²) < 4.78 is 0. The second-order valence-electron chi connectivity index (χ2n) is 9.42. The number of rotatable bonds is 2. The van der Waals surface area contributed by atoms with E-state index in [0.717, 1.165) is 55.0 Å². The second kappa shape index (κ2) is 8.32. The van der Waals surface area contributed by atoms with Gasteiger partial charge in [-0.25, -0.2) is 0 Å². The summed E-state index contributed by atoms with van der Waals surface area (Å²) in [5, 5.41) is 24.0. The van der Waals surface area contributed by atoms with Crippen molar-refractivity contribution in [3.05, 3.63) is 77.6 Å². The summed E-state index contributed by atoms with van der Waals surface area (Å²) in [7, 11) is 0. The molecule has 3 aliphatic heterocycles. The van der Waals surface area contributed by atoms with Crippen LogP contribution >= 0.6 is 0 Å². The summed E-state index contributed by atoms with van der Waals surface area (Å²) in [5.74, 6) is 0. The number of aliphatic hydroxyl groups excluding tert-OH is 1. The molecule has 0 aliphatic carbocycles. The molecule has 2 atom stereocenters. The van der Waals surface area contributed by atoms with Gasteiger partial charge in [0.15, 0.2) is 0 Å². The minimum Gasteiger partial charge on any atom is -0.390 e. The summed E-state index contributed by atoms with van der Waals surface area (Å²) in [6, 6.07) is 17.2. The van der Waals surface area contributed by atoms with Crippen molar-refractivity contribution in [2.24, 2.45) is 0 Å². The number of aliphatic hydroxyl groups is 1. The van der Waals surface area contributed by atoms with Crippen molar-refractivity contribution in [3.8, 4) is 6.07 Å². The molecule has 172 valence electrons. The third kappa shape index (κ3) is 3.47. The van der Waals surface area contributed by atoms with Crippen molar-refractivity contribution in [3.63, 3.8) is 0 Å². The van der Waals surface area contributed by atoms with Crippen LogP contribution in [0.4, 0.5) is 11.4 Å². The number of piperazine rings is 1. The molecule has 2 N–H and O–H groups in total. The molecule has 0 spiro atoms. The number of anilines is 2. The number of pyridine rings is 1. The van der Waals surface area contributed by atoms with Crippen LogP contribution in [0.25, 0.3) is 10.9 Å². The van der Waals surface area contributed by atoms with E-state index in [4.69, 9.17) is 0 Å². The Labute approximate surface area is 199 Å². The van der Waals surface area contributed by atoms with E-state index in [0.29, 0.717) is 18.7 Å². The number of benzene rings is 2. The Kier molecular flexibility index (Phi) is 5.13. The fraction of sp³-hybridized carbons (Fsp3) is 0.333. The van der Waals surface area contributed by atoms with Crippen LogP contribution in [0.15, 0.2) is 60.9 Å². The molecule has 2 aromatic carbocycles. The lowest BCUT2D eigenvalue weighted by molar-refractivity contribution is 0.185. The summed E-state index contributed by atoms with van der Waals surface area (Å²) in [4.78, 5) is 11.6. The quantitative estimate of drug-likeness (QED) is 0.619. The first kappa shape index (κ1) is 21.0. The van der Waals surface area contributed by atoms with Crippen LogP contribution in [0.1, 0.15) is 22.7 Å². The molecule has 2 fully saturated rings. The Morgan fingerprint density at radius 1 is 1.12 bits per heavy atom. The van der Waals surface area contributed by atoms with Gasteiger partial charge in [-0.05, 0) is 47.5 Å². The summed E-state index contributed by atoms with van der Waals surface area (Å²) in [6.45, 7) is 9.96. The van der Waals surface area contributed by atoms with Crippen LogP contribution in [0, 0.1) is 11.3 Å². The van der Waals surface area contributed by atoms with E-state index in [2.05, 4.69) is 55.8 Å². The first-order valence-corrected chi connectivity index (χ1v) is 11.9. The highest BCUT2D eigenvalue weighted by Crippen LogP contribution is 2.43. The highest BCUT2D eigenvalue weighted by molar-refractivity contribution is 5.95. The normalized spacial score (nSPS) is 22.4. The number of nitrogens with one attached hydrogen (secondary N) is 1. The molecule has 7 nitrogen and oxygen atoms in total. The van der Waals surface area contributed by atoms with Crippen molar-refractivity contribution in [2.45, 2.75) is 18.7 Å². The molecule has 4 heterocycles. The number of nitriles is 1. The van der Waals surface area contributed by atoms with E-state index in [1.165, 1.54) is 16.8 Å². The Morgan fingerprint density at radius 3 is 2.91 bits per heavy atom. The van der Waals surface area contributed by atoms with E-state index in [9.17, 15) is 10.4 Å². The molecule has 3 aromatic rings.